The van der Waals surface area contributed by atoms with Gasteiger partial charge >= 0.3 is 0 Å². The third-order valence-corrected chi connectivity index (χ3v) is 4.28. The highest BCUT2D eigenvalue weighted by Gasteiger charge is 2.17. The normalized spacial score (nSPS) is 10.7. The van der Waals surface area contributed by atoms with Crippen LogP contribution in [0.1, 0.15) is 12.2 Å². The van der Waals surface area contributed by atoms with E-state index in [2.05, 4.69) is 9.97 Å². The van der Waals surface area contributed by atoms with Crippen molar-refractivity contribution in [1.29, 1.82) is 0 Å². The Labute approximate surface area is 148 Å². The van der Waals surface area contributed by atoms with E-state index in [1.165, 1.54) is 11.8 Å². The Morgan fingerprint density at radius 1 is 1.21 bits per heavy atom. The van der Waals surface area contributed by atoms with Gasteiger partial charge in [0.05, 0.1) is 0 Å². The molecule has 0 atom stereocenters. The lowest BCUT2D eigenvalue weighted by atomic mass is 10.1. The lowest BCUT2D eigenvalue weighted by molar-refractivity contribution is -0.118. The number of halogens is 1. The third kappa shape index (κ3) is 4.15. The molecule has 2 aromatic heterocycles. The molecule has 0 saturated carbocycles. The van der Waals surface area contributed by atoms with Gasteiger partial charge in [-0.3, -0.25) is 4.79 Å². The van der Waals surface area contributed by atoms with E-state index in [0.29, 0.717) is 28.1 Å². The third-order valence-electron chi connectivity index (χ3n) is 3.22. The maximum Gasteiger partial charge on any atom is 0.262 e. The van der Waals surface area contributed by atoms with Crippen molar-refractivity contribution in [1.82, 2.24) is 9.97 Å². The van der Waals surface area contributed by atoms with Gasteiger partial charge in [0.25, 0.3) is 5.22 Å². The average Bonchev–Trinajstić information content (AvgIpc) is 2.97. The zero-order chi connectivity index (χ0) is 16.9. The molecule has 0 radical (unpaired) electrons. The molecule has 0 spiro atoms. The predicted molar refractivity (Wildman–Crippen MR) is 92.8 cm³/mol. The lowest BCUT2D eigenvalue weighted by Gasteiger charge is -2.00. The molecule has 0 saturated heterocycles. The number of nitrogens with two attached hydrogens (primary N) is 1. The fourth-order valence-corrected chi connectivity index (χ4v) is 2.95. The molecule has 0 aliphatic rings. The van der Waals surface area contributed by atoms with Gasteiger partial charge in [0.15, 0.2) is 0 Å². The van der Waals surface area contributed by atoms with Gasteiger partial charge in [0, 0.05) is 29.6 Å². The molecule has 0 unspecified atom stereocenters. The molecule has 2 N–H and O–H groups in total. The maximum absolute atomic E-state index is 11.1. The number of primary amides is 1. The summed E-state index contributed by atoms with van der Waals surface area (Å²) in [5, 5.41) is 1.89. The van der Waals surface area contributed by atoms with Crippen LogP contribution in [0.25, 0.3) is 11.3 Å². The molecule has 2 heterocycles. The van der Waals surface area contributed by atoms with Crippen molar-refractivity contribution in [3.05, 3.63) is 59.4 Å². The van der Waals surface area contributed by atoms with Gasteiger partial charge in [0.1, 0.15) is 16.5 Å². The second kappa shape index (κ2) is 7.51. The van der Waals surface area contributed by atoms with E-state index in [1.54, 1.807) is 18.3 Å². The summed E-state index contributed by atoms with van der Waals surface area (Å²) >= 11 is 7.26. The maximum atomic E-state index is 11.1. The number of hydrogen-bond donors (Lipinski definition) is 1. The Hall–Kier alpha value is -2.31. The Balaban J connectivity index is 1.92. The number of carbonyl (C=O) groups excluding carboxylic acids is 1. The fourth-order valence-electron chi connectivity index (χ4n) is 2.11. The van der Waals surface area contributed by atoms with Crippen LogP contribution in [0.4, 0.5) is 0 Å². The van der Waals surface area contributed by atoms with Crippen molar-refractivity contribution in [2.24, 2.45) is 5.73 Å². The van der Waals surface area contributed by atoms with Gasteiger partial charge in [-0.1, -0.05) is 29.8 Å². The highest BCUT2D eigenvalue weighted by Crippen LogP contribution is 2.32. The minimum Gasteiger partial charge on any atom is -0.436 e. The van der Waals surface area contributed by atoms with Crippen LogP contribution < -0.4 is 5.73 Å². The molecule has 5 nitrogen and oxygen atoms in total. The molecule has 122 valence electrons. The number of oxazole rings is 1. The zero-order valence-corrected chi connectivity index (χ0v) is 14.2. The van der Waals surface area contributed by atoms with E-state index >= 15 is 0 Å². The Bertz CT molecular complexity index is 835. The van der Waals surface area contributed by atoms with Crippen LogP contribution in [0, 0.1) is 0 Å². The van der Waals surface area contributed by atoms with E-state index in [1.807, 2.05) is 30.3 Å². The molecule has 3 aromatic rings. The van der Waals surface area contributed by atoms with Crippen LogP contribution >= 0.6 is 23.4 Å². The van der Waals surface area contributed by atoms with Crippen LogP contribution in [0.15, 0.2) is 63.3 Å². The Kier molecular flexibility index (Phi) is 5.17. The van der Waals surface area contributed by atoms with Gasteiger partial charge in [0.2, 0.25) is 5.91 Å². The predicted octanol–water partition coefficient (Wildman–Crippen LogP) is 3.96. The number of carbonyl (C=O) groups is 1. The van der Waals surface area contributed by atoms with Crippen molar-refractivity contribution in [2.75, 3.05) is 0 Å². The Morgan fingerprint density at radius 3 is 2.67 bits per heavy atom. The monoisotopic (exact) mass is 359 g/mol. The number of nitrogens with zero attached hydrogens (tertiary/aromatic N) is 2. The largest absolute Gasteiger partial charge is 0.436 e. The number of amides is 1. The second-order valence-electron chi connectivity index (χ2n) is 4.99. The molecule has 3 rings (SSSR count). The highest BCUT2D eigenvalue weighted by molar-refractivity contribution is 7.99. The highest BCUT2D eigenvalue weighted by atomic mass is 35.5. The van der Waals surface area contributed by atoms with Crippen LogP contribution in [-0.2, 0) is 11.2 Å². The molecular weight excluding hydrogens is 346 g/mol. The summed E-state index contributed by atoms with van der Waals surface area (Å²) in [7, 11) is 0. The van der Waals surface area contributed by atoms with Gasteiger partial charge < -0.3 is 10.2 Å². The quantitative estimate of drug-likeness (QED) is 0.720. The van der Waals surface area contributed by atoms with E-state index in [0.717, 1.165) is 10.6 Å². The molecule has 1 amide bonds. The topological polar surface area (TPSA) is 82.0 Å². The summed E-state index contributed by atoms with van der Waals surface area (Å²) in [5.41, 5.74) is 6.80. The molecule has 7 heteroatoms. The van der Waals surface area contributed by atoms with Crippen molar-refractivity contribution in [2.45, 2.75) is 23.1 Å². The van der Waals surface area contributed by atoms with Crippen molar-refractivity contribution in [3.8, 4) is 11.3 Å². The molecule has 0 aliphatic heterocycles. The van der Waals surface area contributed by atoms with Crippen LogP contribution in [0.3, 0.4) is 0 Å². The molecule has 0 fully saturated rings. The molecule has 1 aromatic carbocycles. The van der Waals surface area contributed by atoms with Crippen molar-refractivity contribution in [3.63, 3.8) is 0 Å². The van der Waals surface area contributed by atoms with Crippen LogP contribution in [0.5, 0.6) is 0 Å². The summed E-state index contributed by atoms with van der Waals surface area (Å²) < 4.78 is 5.82. The first-order valence-electron chi connectivity index (χ1n) is 7.24. The van der Waals surface area contributed by atoms with Gasteiger partial charge in [-0.2, -0.15) is 0 Å². The first-order valence-corrected chi connectivity index (χ1v) is 8.44. The minimum absolute atomic E-state index is 0.198. The van der Waals surface area contributed by atoms with Gasteiger partial charge in [-0.25, -0.2) is 9.97 Å². The van der Waals surface area contributed by atoms with E-state index in [9.17, 15) is 4.79 Å². The fraction of sp³-hybridized carbons (Fsp3) is 0.118. The smallest absolute Gasteiger partial charge is 0.262 e. The number of aryl methyl sites for hydroxylation is 1. The standard InChI is InChI=1S/C17H14ClN3O2S/c18-12-6-4-11(5-7-12)16-13(8-9-14(19)22)23-17(21-16)24-15-3-1-2-10-20-15/h1-7,10H,8-9H2,(H2,19,22). The van der Waals surface area contributed by atoms with Gasteiger partial charge in [-0.15, -0.1) is 0 Å². The number of pyridine rings is 1. The van der Waals surface area contributed by atoms with Crippen molar-refractivity contribution >= 4 is 29.3 Å². The number of benzene rings is 1. The first-order chi connectivity index (χ1) is 11.6. The van der Waals surface area contributed by atoms with E-state index in [4.69, 9.17) is 21.8 Å². The first kappa shape index (κ1) is 16.5. The SMILES string of the molecule is NC(=O)CCc1oc(Sc2ccccn2)nc1-c1ccc(Cl)cc1. The average molecular weight is 360 g/mol. The second-order valence-corrected chi connectivity index (χ2v) is 6.40. The molecule has 24 heavy (non-hydrogen) atoms. The molecule has 0 bridgehead atoms. The summed E-state index contributed by atoms with van der Waals surface area (Å²) in [6, 6.07) is 12.9. The number of aromatic nitrogens is 2. The molecular formula is C17H14ClN3O2S. The van der Waals surface area contributed by atoms with Crippen LogP contribution in [-0.4, -0.2) is 15.9 Å². The number of hydrogen-bond acceptors (Lipinski definition) is 5. The molecule has 0 aliphatic carbocycles. The van der Waals surface area contributed by atoms with Gasteiger partial charge in [-0.05, 0) is 36.0 Å². The minimum atomic E-state index is -0.382. The zero-order valence-electron chi connectivity index (χ0n) is 12.6. The lowest BCUT2D eigenvalue weighted by Crippen LogP contribution is -2.11. The van der Waals surface area contributed by atoms with Crippen LogP contribution in [0.2, 0.25) is 5.02 Å². The summed E-state index contributed by atoms with van der Waals surface area (Å²) in [6.07, 6.45) is 2.30. The van der Waals surface area contributed by atoms with E-state index in [-0.39, 0.29) is 12.3 Å². The summed E-state index contributed by atoms with van der Waals surface area (Å²) in [6.45, 7) is 0. The number of rotatable bonds is 6. The summed E-state index contributed by atoms with van der Waals surface area (Å²) in [4.78, 5) is 19.9. The summed E-state index contributed by atoms with van der Waals surface area (Å²) in [5.74, 6) is 0.238. The van der Waals surface area contributed by atoms with Crippen molar-refractivity contribution < 1.29 is 9.21 Å². The van der Waals surface area contributed by atoms with E-state index < -0.39 is 0 Å². The Morgan fingerprint density at radius 2 is 2.00 bits per heavy atom.